The molecule has 4 rings (SSSR count). The van der Waals surface area contributed by atoms with Gasteiger partial charge < -0.3 is 15.4 Å². The van der Waals surface area contributed by atoms with Gasteiger partial charge in [0.15, 0.2) is 0 Å². The van der Waals surface area contributed by atoms with E-state index in [-0.39, 0.29) is 11.8 Å². The van der Waals surface area contributed by atoms with Gasteiger partial charge in [0.2, 0.25) is 11.8 Å². The number of rotatable bonds is 7. The van der Waals surface area contributed by atoms with Crippen molar-refractivity contribution in [1.29, 1.82) is 0 Å². The van der Waals surface area contributed by atoms with Crippen LogP contribution in [0.1, 0.15) is 87.9 Å². The predicted octanol–water partition coefficient (Wildman–Crippen LogP) is 4.86. The van der Waals surface area contributed by atoms with Gasteiger partial charge in [0.05, 0.1) is 5.69 Å². The van der Waals surface area contributed by atoms with E-state index in [4.69, 9.17) is 0 Å². The average molecular weight is 441 g/mol. The summed E-state index contributed by atoms with van der Waals surface area (Å²) in [5.41, 5.74) is 1.17. The number of carbonyl (C=O) groups is 1. The Bertz CT molecular complexity index is 951. The summed E-state index contributed by atoms with van der Waals surface area (Å²) in [5.74, 6) is 0.928. The first-order valence-corrected chi connectivity index (χ1v) is 12.3. The van der Waals surface area contributed by atoms with E-state index in [0.29, 0.717) is 36.2 Å². The van der Waals surface area contributed by atoms with E-state index in [2.05, 4.69) is 15.3 Å². The number of imidazole rings is 1. The van der Waals surface area contributed by atoms with Gasteiger partial charge in [-0.05, 0) is 43.2 Å². The summed E-state index contributed by atoms with van der Waals surface area (Å²) in [5, 5.41) is 13.9. The van der Waals surface area contributed by atoms with Crippen LogP contribution in [0.15, 0.2) is 23.1 Å². The second-order valence-electron chi connectivity index (χ2n) is 9.78. The van der Waals surface area contributed by atoms with Crippen LogP contribution in [0.4, 0.5) is 5.82 Å². The molecule has 2 aliphatic rings. The van der Waals surface area contributed by atoms with Gasteiger partial charge in [0.1, 0.15) is 11.9 Å². The van der Waals surface area contributed by atoms with Crippen molar-refractivity contribution < 1.29 is 9.90 Å². The topological polar surface area (TPSA) is 100 Å². The Morgan fingerprint density at radius 1 is 1.12 bits per heavy atom. The van der Waals surface area contributed by atoms with E-state index in [0.717, 1.165) is 44.1 Å². The highest BCUT2D eigenvalue weighted by Crippen LogP contribution is 2.34. The Morgan fingerprint density at radius 3 is 2.41 bits per heavy atom. The van der Waals surface area contributed by atoms with Crippen LogP contribution in [0.2, 0.25) is 0 Å². The van der Waals surface area contributed by atoms with Crippen molar-refractivity contribution in [1.82, 2.24) is 14.5 Å². The molecule has 2 saturated carbocycles. The minimum absolute atomic E-state index is 0.0756. The first-order valence-electron chi connectivity index (χ1n) is 12.3. The SMILES string of the molecule is Cc1ccc(NC(=O)[C@H](CC2CCCCC2)n2c(O)c(CC3CCCCC3)[nH]c2=O)nc1. The molecule has 2 aromatic rings. The molecule has 2 heterocycles. The minimum Gasteiger partial charge on any atom is -0.493 e. The number of nitrogens with one attached hydrogen (secondary N) is 2. The van der Waals surface area contributed by atoms with E-state index >= 15 is 0 Å². The summed E-state index contributed by atoms with van der Waals surface area (Å²) in [4.78, 5) is 33.4. The molecule has 3 N–H and O–H groups in total. The Morgan fingerprint density at radius 2 is 1.78 bits per heavy atom. The molecule has 7 heteroatoms. The van der Waals surface area contributed by atoms with Crippen molar-refractivity contribution in [2.45, 2.75) is 90.0 Å². The maximum Gasteiger partial charge on any atom is 0.329 e. The van der Waals surface area contributed by atoms with Gasteiger partial charge in [-0.15, -0.1) is 0 Å². The summed E-state index contributed by atoms with van der Waals surface area (Å²) in [6, 6.07) is 2.89. The van der Waals surface area contributed by atoms with Gasteiger partial charge in [-0.3, -0.25) is 9.36 Å². The van der Waals surface area contributed by atoms with E-state index in [1.807, 2.05) is 13.0 Å². The number of pyridine rings is 1. The summed E-state index contributed by atoms with van der Waals surface area (Å²) in [7, 11) is 0. The molecule has 2 aromatic heterocycles. The molecule has 0 spiro atoms. The van der Waals surface area contributed by atoms with Gasteiger partial charge in [0.25, 0.3) is 0 Å². The van der Waals surface area contributed by atoms with Gasteiger partial charge in [0, 0.05) is 6.20 Å². The highest BCUT2D eigenvalue weighted by atomic mass is 16.3. The molecular weight excluding hydrogens is 404 g/mol. The lowest BCUT2D eigenvalue weighted by atomic mass is 9.84. The van der Waals surface area contributed by atoms with E-state index in [1.54, 1.807) is 12.3 Å². The monoisotopic (exact) mass is 440 g/mol. The maximum atomic E-state index is 13.3. The number of nitrogens with zero attached hydrogens (tertiary/aromatic N) is 2. The Labute approximate surface area is 189 Å². The second kappa shape index (κ2) is 10.4. The van der Waals surface area contributed by atoms with Crippen LogP contribution in [0, 0.1) is 18.8 Å². The van der Waals surface area contributed by atoms with E-state index in [1.165, 1.54) is 30.3 Å². The van der Waals surface area contributed by atoms with Crippen molar-refractivity contribution in [3.63, 3.8) is 0 Å². The summed E-state index contributed by atoms with van der Waals surface area (Å²) in [6.07, 6.45) is 14.5. The van der Waals surface area contributed by atoms with Gasteiger partial charge in [-0.2, -0.15) is 0 Å². The Balaban J connectivity index is 1.58. The second-order valence-corrected chi connectivity index (χ2v) is 9.78. The average Bonchev–Trinajstić information content (AvgIpc) is 3.07. The molecule has 0 radical (unpaired) electrons. The van der Waals surface area contributed by atoms with Crippen LogP contribution in [-0.2, 0) is 11.2 Å². The van der Waals surface area contributed by atoms with Crippen molar-refractivity contribution in [3.8, 4) is 5.88 Å². The molecule has 7 nitrogen and oxygen atoms in total. The van der Waals surface area contributed by atoms with Crippen molar-refractivity contribution in [2.24, 2.45) is 11.8 Å². The number of H-pyrrole nitrogens is 1. The zero-order valence-electron chi connectivity index (χ0n) is 19.1. The number of amides is 1. The summed E-state index contributed by atoms with van der Waals surface area (Å²) in [6.45, 7) is 1.94. The van der Waals surface area contributed by atoms with Gasteiger partial charge >= 0.3 is 5.69 Å². The van der Waals surface area contributed by atoms with Crippen LogP contribution in [0.25, 0.3) is 0 Å². The van der Waals surface area contributed by atoms with Crippen LogP contribution in [0.3, 0.4) is 0 Å². The molecular formula is C25H36N4O3. The fourth-order valence-corrected chi connectivity index (χ4v) is 5.42. The summed E-state index contributed by atoms with van der Waals surface area (Å²) < 4.78 is 1.29. The number of aromatic hydroxyl groups is 1. The molecule has 0 saturated heterocycles. The number of aromatic amines is 1. The number of hydrogen-bond acceptors (Lipinski definition) is 4. The first kappa shape index (κ1) is 22.6. The maximum absolute atomic E-state index is 13.3. The zero-order chi connectivity index (χ0) is 22.5. The quantitative estimate of drug-likeness (QED) is 0.572. The number of aromatic nitrogens is 3. The Kier molecular flexibility index (Phi) is 7.33. The molecule has 0 aliphatic heterocycles. The fourth-order valence-electron chi connectivity index (χ4n) is 5.42. The molecule has 0 aromatic carbocycles. The van der Waals surface area contributed by atoms with Crippen molar-refractivity contribution in [3.05, 3.63) is 40.1 Å². The van der Waals surface area contributed by atoms with Crippen LogP contribution >= 0.6 is 0 Å². The number of hydrogen-bond donors (Lipinski definition) is 3. The normalized spacial score (nSPS) is 19.0. The Hall–Kier alpha value is -2.57. The fraction of sp³-hybridized carbons (Fsp3) is 0.640. The van der Waals surface area contributed by atoms with Crippen molar-refractivity contribution in [2.75, 3.05) is 5.32 Å². The highest BCUT2D eigenvalue weighted by molar-refractivity contribution is 5.93. The molecule has 1 atom stereocenters. The lowest BCUT2D eigenvalue weighted by molar-refractivity contribution is -0.120. The minimum atomic E-state index is -0.759. The molecule has 1 amide bonds. The molecule has 32 heavy (non-hydrogen) atoms. The molecule has 0 unspecified atom stereocenters. The molecule has 174 valence electrons. The standard InChI is InChI=1S/C25H36N4O3/c1-17-12-13-22(26-16-17)28-23(30)21(15-19-10-6-3-7-11-19)29-24(31)20(27-25(29)32)14-18-8-4-2-5-9-18/h12-13,16,18-19,21,31H,2-11,14-15H2,1H3,(H,27,32)(H,26,28,30)/t21-/m0/s1. The first-order chi connectivity index (χ1) is 15.5. The van der Waals surface area contributed by atoms with Crippen LogP contribution in [0.5, 0.6) is 5.88 Å². The number of aryl methyl sites for hydroxylation is 1. The van der Waals surface area contributed by atoms with Gasteiger partial charge in [-0.25, -0.2) is 9.78 Å². The van der Waals surface area contributed by atoms with Crippen LogP contribution in [-0.4, -0.2) is 25.5 Å². The summed E-state index contributed by atoms with van der Waals surface area (Å²) >= 11 is 0. The third-order valence-corrected chi connectivity index (χ3v) is 7.25. The zero-order valence-corrected chi connectivity index (χ0v) is 19.1. The predicted molar refractivity (Wildman–Crippen MR) is 125 cm³/mol. The molecule has 0 bridgehead atoms. The third kappa shape index (κ3) is 5.43. The van der Waals surface area contributed by atoms with Crippen molar-refractivity contribution >= 4 is 11.7 Å². The van der Waals surface area contributed by atoms with Crippen LogP contribution < -0.4 is 11.0 Å². The lowest BCUT2D eigenvalue weighted by Crippen LogP contribution is -2.34. The number of carbonyl (C=O) groups excluding carboxylic acids is 1. The lowest BCUT2D eigenvalue weighted by Gasteiger charge is -2.26. The number of anilines is 1. The van der Waals surface area contributed by atoms with E-state index < -0.39 is 11.7 Å². The van der Waals surface area contributed by atoms with Gasteiger partial charge in [-0.1, -0.05) is 70.3 Å². The molecule has 2 aliphatic carbocycles. The molecule has 2 fully saturated rings. The smallest absolute Gasteiger partial charge is 0.329 e. The third-order valence-electron chi connectivity index (χ3n) is 7.25. The van der Waals surface area contributed by atoms with E-state index in [9.17, 15) is 14.7 Å². The largest absolute Gasteiger partial charge is 0.493 e. The highest BCUT2D eigenvalue weighted by Gasteiger charge is 2.31.